The zero-order valence-electron chi connectivity index (χ0n) is 7.27. The second kappa shape index (κ2) is 3.49. The van der Waals surface area contributed by atoms with E-state index in [1.165, 1.54) is 12.5 Å². The van der Waals surface area contributed by atoms with Crippen molar-refractivity contribution < 1.29 is 9.90 Å². The Morgan fingerprint density at radius 3 is 2.92 bits per heavy atom. The minimum Gasteiger partial charge on any atom is -0.481 e. The van der Waals surface area contributed by atoms with E-state index in [9.17, 15) is 4.79 Å². The Hall–Kier alpha value is -1.49. The van der Waals surface area contributed by atoms with Crippen LogP contribution in [-0.2, 0) is 10.3 Å². The number of nitrogens with zero attached hydrogens (tertiary/aromatic N) is 2. The third-order valence-electron chi connectivity index (χ3n) is 1.69. The van der Waals surface area contributed by atoms with Gasteiger partial charge in [-0.05, 0) is 13.0 Å². The summed E-state index contributed by atoms with van der Waals surface area (Å²) in [6, 6.07) is 1.61. The Labute approximate surface area is 75.6 Å². The largest absolute Gasteiger partial charge is 0.481 e. The highest BCUT2D eigenvalue weighted by Gasteiger charge is 2.25. The van der Waals surface area contributed by atoms with Crippen molar-refractivity contribution in [2.75, 3.05) is 0 Å². The molecule has 1 aromatic heterocycles. The van der Waals surface area contributed by atoms with Gasteiger partial charge in [0.2, 0.25) is 0 Å². The molecule has 1 rings (SSSR count). The van der Waals surface area contributed by atoms with E-state index >= 15 is 0 Å². The summed E-state index contributed by atoms with van der Waals surface area (Å²) in [5.41, 5.74) is 5.36. The fourth-order valence-electron chi connectivity index (χ4n) is 1.03. The molecule has 0 aliphatic carbocycles. The number of carboxylic acids is 1. The Morgan fingerprint density at radius 2 is 2.46 bits per heavy atom. The average Bonchev–Trinajstić information content (AvgIpc) is 2.04. The molecule has 0 aliphatic heterocycles. The molecule has 1 atom stereocenters. The molecule has 0 saturated carbocycles. The maximum Gasteiger partial charge on any atom is 0.305 e. The van der Waals surface area contributed by atoms with Gasteiger partial charge in [-0.1, -0.05) is 0 Å². The van der Waals surface area contributed by atoms with Crippen molar-refractivity contribution in [3.63, 3.8) is 0 Å². The Morgan fingerprint density at radius 1 is 1.77 bits per heavy atom. The van der Waals surface area contributed by atoms with Crippen LogP contribution in [0.3, 0.4) is 0 Å². The van der Waals surface area contributed by atoms with E-state index in [2.05, 4.69) is 9.97 Å². The van der Waals surface area contributed by atoms with E-state index in [0.29, 0.717) is 5.69 Å². The molecule has 0 aromatic carbocycles. The Bertz CT molecular complexity index is 298. The molecule has 0 saturated heterocycles. The highest BCUT2D eigenvalue weighted by atomic mass is 16.4. The lowest BCUT2D eigenvalue weighted by Gasteiger charge is -2.20. The van der Waals surface area contributed by atoms with Crippen molar-refractivity contribution >= 4 is 5.97 Å². The molecule has 0 amide bonds. The van der Waals surface area contributed by atoms with E-state index in [4.69, 9.17) is 10.8 Å². The van der Waals surface area contributed by atoms with Gasteiger partial charge in [-0.3, -0.25) is 4.79 Å². The number of carboxylic acid groups (broad SMARTS) is 1. The maximum atomic E-state index is 10.5. The molecular weight excluding hydrogens is 170 g/mol. The quantitative estimate of drug-likeness (QED) is 0.691. The summed E-state index contributed by atoms with van der Waals surface area (Å²) in [7, 11) is 0. The van der Waals surface area contributed by atoms with Gasteiger partial charge in [-0.15, -0.1) is 0 Å². The molecule has 5 heteroatoms. The highest BCUT2D eigenvalue weighted by molar-refractivity contribution is 5.68. The number of rotatable bonds is 3. The average molecular weight is 181 g/mol. The van der Waals surface area contributed by atoms with Gasteiger partial charge in [-0.25, -0.2) is 9.97 Å². The lowest BCUT2D eigenvalue weighted by molar-refractivity contribution is -0.138. The second-order valence-electron chi connectivity index (χ2n) is 3.08. The Balaban J connectivity index is 2.87. The third-order valence-corrected chi connectivity index (χ3v) is 1.69. The number of nitrogens with two attached hydrogens (primary N) is 1. The number of carbonyl (C=O) groups is 1. The number of hydrogen-bond donors (Lipinski definition) is 2. The van der Waals surface area contributed by atoms with Crippen LogP contribution >= 0.6 is 0 Å². The lowest BCUT2D eigenvalue weighted by Crippen LogP contribution is -2.36. The van der Waals surface area contributed by atoms with Crippen LogP contribution in [-0.4, -0.2) is 21.0 Å². The standard InChI is InChI=1S/C8H11N3O2/c1-8(9,4-7(12)13)6-2-3-10-5-11-6/h2-3,5H,4,9H2,1H3,(H,12,13). The molecular formula is C8H11N3O2. The fraction of sp³-hybridized carbons (Fsp3) is 0.375. The van der Waals surface area contributed by atoms with Crippen molar-refractivity contribution in [1.29, 1.82) is 0 Å². The molecule has 0 spiro atoms. The number of hydrogen-bond acceptors (Lipinski definition) is 4. The van der Waals surface area contributed by atoms with Crippen molar-refractivity contribution in [3.8, 4) is 0 Å². The molecule has 70 valence electrons. The van der Waals surface area contributed by atoms with Gasteiger partial charge in [0.05, 0.1) is 17.7 Å². The van der Waals surface area contributed by atoms with Crippen molar-refractivity contribution in [1.82, 2.24) is 9.97 Å². The summed E-state index contributed by atoms with van der Waals surface area (Å²) in [4.78, 5) is 18.1. The summed E-state index contributed by atoms with van der Waals surface area (Å²) >= 11 is 0. The first kappa shape index (κ1) is 9.60. The van der Waals surface area contributed by atoms with E-state index < -0.39 is 11.5 Å². The van der Waals surface area contributed by atoms with Crippen LogP contribution in [0.5, 0.6) is 0 Å². The van der Waals surface area contributed by atoms with E-state index in [-0.39, 0.29) is 6.42 Å². The smallest absolute Gasteiger partial charge is 0.305 e. The Kier molecular flexibility index (Phi) is 2.57. The normalized spacial score (nSPS) is 14.9. The van der Waals surface area contributed by atoms with E-state index in [0.717, 1.165) is 0 Å². The zero-order chi connectivity index (χ0) is 9.90. The zero-order valence-corrected chi connectivity index (χ0v) is 7.27. The van der Waals surface area contributed by atoms with Crippen LogP contribution in [0, 0.1) is 0 Å². The van der Waals surface area contributed by atoms with Crippen LogP contribution < -0.4 is 5.73 Å². The minimum atomic E-state index is -0.941. The van der Waals surface area contributed by atoms with Gasteiger partial charge < -0.3 is 10.8 Å². The van der Waals surface area contributed by atoms with Crippen LogP contribution in [0.15, 0.2) is 18.6 Å². The predicted octanol–water partition coefficient (Wildman–Crippen LogP) is 0.125. The maximum absolute atomic E-state index is 10.5. The summed E-state index contributed by atoms with van der Waals surface area (Å²) < 4.78 is 0. The van der Waals surface area contributed by atoms with Crippen molar-refractivity contribution in [2.45, 2.75) is 18.9 Å². The van der Waals surface area contributed by atoms with Gasteiger partial charge in [0.25, 0.3) is 0 Å². The summed E-state index contributed by atoms with van der Waals surface area (Å²) in [6.07, 6.45) is 2.74. The minimum absolute atomic E-state index is 0.149. The van der Waals surface area contributed by atoms with Gasteiger partial charge >= 0.3 is 5.97 Å². The molecule has 13 heavy (non-hydrogen) atoms. The van der Waals surface area contributed by atoms with Gasteiger partial charge in [0.1, 0.15) is 6.33 Å². The summed E-state index contributed by atoms with van der Waals surface area (Å²) in [5.74, 6) is -0.941. The molecule has 1 unspecified atom stereocenters. The molecule has 1 heterocycles. The van der Waals surface area contributed by atoms with Gasteiger partial charge in [0, 0.05) is 6.20 Å². The molecule has 3 N–H and O–H groups in total. The predicted molar refractivity (Wildman–Crippen MR) is 45.8 cm³/mol. The topological polar surface area (TPSA) is 89.1 Å². The number of aliphatic carboxylic acids is 1. The van der Waals surface area contributed by atoms with Gasteiger partial charge in [0.15, 0.2) is 0 Å². The molecule has 0 aliphatic rings. The third kappa shape index (κ3) is 2.48. The van der Waals surface area contributed by atoms with Crippen molar-refractivity contribution in [2.24, 2.45) is 5.73 Å². The molecule has 0 fully saturated rings. The molecule has 1 aromatic rings. The summed E-state index contributed by atoms with van der Waals surface area (Å²) in [5, 5.41) is 8.59. The van der Waals surface area contributed by atoms with Crippen LogP contribution in [0.25, 0.3) is 0 Å². The molecule has 0 radical (unpaired) electrons. The second-order valence-corrected chi connectivity index (χ2v) is 3.08. The SMILES string of the molecule is CC(N)(CC(=O)O)c1ccncn1. The molecule has 5 nitrogen and oxygen atoms in total. The number of aromatic nitrogens is 2. The first-order valence-corrected chi connectivity index (χ1v) is 3.79. The monoisotopic (exact) mass is 181 g/mol. The lowest BCUT2D eigenvalue weighted by atomic mass is 9.95. The van der Waals surface area contributed by atoms with Crippen LogP contribution in [0.1, 0.15) is 19.0 Å². The van der Waals surface area contributed by atoms with E-state index in [1.54, 1.807) is 13.0 Å². The first-order chi connectivity index (χ1) is 6.02. The molecule has 0 bridgehead atoms. The van der Waals surface area contributed by atoms with Crippen LogP contribution in [0.4, 0.5) is 0 Å². The first-order valence-electron chi connectivity index (χ1n) is 3.79. The van der Waals surface area contributed by atoms with E-state index in [1.807, 2.05) is 0 Å². The van der Waals surface area contributed by atoms with Crippen molar-refractivity contribution in [3.05, 3.63) is 24.3 Å². The van der Waals surface area contributed by atoms with Gasteiger partial charge in [-0.2, -0.15) is 0 Å². The highest BCUT2D eigenvalue weighted by Crippen LogP contribution is 2.17. The fourth-order valence-corrected chi connectivity index (χ4v) is 1.03. The van der Waals surface area contributed by atoms with Crippen LogP contribution in [0.2, 0.25) is 0 Å². The summed E-state index contributed by atoms with van der Waals surface area (Å²) in [6.45, 7) is 1.63.